The molecule has 4 atom stereocenters. The molecule has 1 unspecified atom stereocenters. The molecule has 0 aromatic carbocycles. The first kappa shape index (κ1) is 16.2. The van der Waals surface area contributed by atoms with Gasteiger partial charge < -0.3 is 24.5 Å². The number of ether oxygens (including phenoxy) is 2. The highest BCUT2D eigenvalue weighted by Gasteiger charge is 2.52. The minimum atomic E-state index is -2.73. The summed E-state index contributed by atoms with van der Waals surface area (Å²) in [5.41, 5.74) is -0.901. The molecule has 23 heavy (non-hydrogen) atoms. The number of nitrogens with zero attached hydrogens (tertiary/aromatic N) is 3. The molecule has 0 radical (unpaired) electrons. The predicted octanol–water partition coefficient (Wildman–Crippen LogP) is -0.562. The number of hydrogen-bond donors (Lipinski definition) is 2. The maximum atomic E-state index is 11.7. The van der Waals surface area contributed by atoms with E-state index in [0.717, 1.165) is 0 Å². The molecule has 3 rings (SSSR count). The van der Waals surface area contributed by atoms with Crippen LogP contribution in [0.5, 0.6) is 0 Å². The topological polar surface area (TPSA) is 142 Å². The second-order valence-electron chi connectivity index (χ2n) is 5.81. The first-order valence-corrected chi connectivity index (χ1v) is 8.16. The molecule has 0 amide bonds. The van der Waals surface area contributed by atoms with Gasteiger partial charge in [-0.2, -0.15) is 0 Å². The summed E-state index contributed by atoms with van der Waals surface area (Å²) in [6, 6.07) is 0. The Labute approximate surface area is 131 Å². The van der Waals surface area contributed by atoms with Gasteiger partial charge >= 0.3 is 8.03 Å². The van der Waals surface area contributed by atoms with Gasteiger partial charge in [-0.1, -0.05) is 18.4 Å². The number of rotatable bonds is 4. The van der Waals surface area contributed by atoms with Crippen molar-refractivity contribution >= 4 is 19.2 Å². The van der Waals surface area contributed by atoms with Crippen molar-refractivity contribution in [2.24, 2.45) is 5.41 Å². The minimum absolute atomic E-state index is 0.119. The zero-order chi connectivity index (χ0) is 16.8. The largest absolute Gasteiger partial charge is 0.594 e. The van der Waals surface area contributed by atoms with Crippen LogP contribution in [0.4, 0.5) is 0 Å². The van der Waals surface area contributed by atoms with E-state index >= 15 is 0 Å². The van der Waals surface area contributed by atoms with E-state index in [1.165, 1.54) is 17.2 Å². The molecule has 1 fully saturated rings. The van der Waals surface area contributed by atoms with Crippen molar-refractivity contribution < 1.29 is 24.0 Å². The number of aromatic amines is 1. The molecule has 2 N–H and O–H groups in total. The zero-order valence-electron chi connectivity index (χ0n) is 12.4. The van der Waals surface area contributed by atoms with Crippen LogP contribution in [-0.2, 0) is 14.0 Å². The van der Waals surface area contributed by atoms with E-state index in [9.17, 15) is 19.4 Å². The number of imidazole rings is 1. The number of aromatic nitrogens is 4. The fourth-order valence-electron chi connectivity index (χ4n) is 2.53. The molecule has 2 aromatic heterocycles. The molecule has 1 aliphatic rings. The van der Waals surface area contributed by atoms with Gasteiger partial charge in [0.1, 0.15) is 6.10 Å². The van der Waals surface area contributed by atoms with E-state index in [2.05, 4.69) is 15.0 Å². The highest BCUT2D eigenvalue weighted by Crippen LogP contribution is 2.44. The number of nitrogens with one attached hydrogen (secondary N) is 1. The standard InChI is InChI=1S/C12H15N4O6P/c1-12(2)7(17)10(22-11(12)21-5-23(19)20)16-4-15-6-8(16)13-3-14-9(6)18/h3-4,7,10-11,17H,5H2,1-2H3,(H,13,14,18)/t7-,10+,11-/m0/s1. The molecule has 0 aliphatic carbocycles. The van der Waals surface area contributed by atoms with E-state index in [-0.39, 0.29) is 11.2 Å². The highest BCUT2D eigenvalue weighted by molar-refractivity contribution is 7.36. The predicted molar refractivity (Wildman–Crippen MR) is 75.4 cm³/mol. The normalized spacial score (nSPS) is 27.5. The minimum Gasteiger partial charge on any atom is -0.594 e. The lowest BCUT2D eigenvalue weighted by molar-refractivity contribution is -0.193. The smallest absolute Gasteiger partial charge is 0.337 e. The number of hydrogen-bond acceptors (Lipinski definition) is 8. The van der Waals surface area contributed by atoms with Gasteiger partial charge in [0.15, 0.2) is 23.7 Å². The summed E-state index contributed by atoms with van der Waals surface area (Å²) in [6.45, 7) is 3.39. The Kier molecular flexibility index (Phi) is 4.03. The maximum Gasteiger partial charge on any atom is 0.337 e. The summed E-state index contributed by atoms with van der Waals surface area (Å²) in [5.74, 6) is 0. The van der Waals surface area contributed by atoms with Crippen molar-refractivity contribution in [1.82, 2.24) is 19.5 Å². The van der Waals surface area contributed by atoms with E-state index in [0.29, 0.717) is 0 Å². The zero-order valence-corrected chi connectivity index (χ0v) is 13.3. The third-order valence-corrected chi connectivity index (χ3v) is 4.23. The highest BCUT2D eigenvalue weighted by atomic mass is 31.1. The van der Waals surface area contributed by atoms with E-state index < -0.39 is 44.0 Å². The number of aliphatic hydroxyl groups is 1. The van der Waals surface area contributed by atoms with Gasteiger partial charge in [0.05, 0.1) is 12.7 Å². The molecule has 11 heteroatoms. The Morgan fingerprint density at radius 2 is 2.30 bits per heavy atom. The number of H-pyrrole nitrogens is 1. The third-order valence-electron chi connectivity index (χ3n) is 3.87. The molecule has 2 aromatic rings. The van der Waals surface area contributed by atoms with Crippen molar-refractivity contribution in [3.05, 3.63) is 23.0 Å². The first-order chi connectivity index (χ1) is 10.8. The second-order valence-corrected chi connectivity index (χ2v) is 6.73. The van der Waals surface area contributed by atoms with Crippen LogP contribution in [0.3, 0.4) is 0 Å². The van der Waals surface area contributed by atoms with Crippen molar-refractivity contribution in [2.75, 3.05) is 6.35 Å². The molecule has 0 saturated carbocycles. The molecular formula is C12H15N4O6P. The fourth-order valence-corrected chi connectivity index (χ4v) is 2.79. The van der Waals surface area contributed by atoms with Crippen LogP contribution < -0.4 is 10.5 Å². The SMILES string of the molecule is CC1(C)[C@@H](OC[P+](=O)[O-])O[C@@H](n2cnc3c(=O)[nH]cnc32)[C@@H]1O. The van der Waals surface area contributed by atoms with Crippen molar-refractivity contribution in [3.8, 4) is 0 Å². The van der Waals surface area contributed by atoms with Crippen LogP contribution in [-0.4, -0.2) is 43.4 Å². The molecular weight excluding hydrogens is 327 g/mol. The summed E-state index contributed by atoms with van der Waals surface area (Å²) >= 11 is 0. The molecule has 0 spiro atoms. The molecule has 1 saturated heterocycles. The van der Waals surface area contributed by atoms with Gasteiger partial charge in [0, 0.05) is 5.41 Å². The Morgan fingerprint density at radius 3 is 3.00 bits per heavy atom. The lowest BCUT2D eigenvalue weighted by Crippen LogP contribution is -2.36. The number of fused-ring (bicyclic) bond motifs is 1. The van der Waals surface area contributed by atoms with Gasteiger partial charge in [-0.3, -0.25) is 9.36 Å². The van der Waals surface area contributed by atoms with Gasteiger partial charge in [0.25, 0.3) is 5.56 Å². The second kappa shape index (κ2) is 5.73. The Hall–Kier alpha value is -1.71. The van der Waals surface area contributed by atoms with Crippen LogP contribution in [0.1, 0.15) is 20.1 Å². The van der Waals surface area contributed by atoms with E-state index in [1.54, 1.807) is 13.8 Å². The summed E-state index contributed by atoms with van der Waals surface area (Å²) in [4.78, 5) is 32.8. The van der Waals surface area contributed by atoms with Crippen molar-refractivity contribution in [1.29, 1.82) is 0 Å². The summed E-state index contributed by atoms with van der Waals surface area (Å²) in [6.07, 6.45) is -0.798. The molecule has 3 heterocycles. The van der Waals surface area contributed by atoms with Crippen LogP contribution in [0.15, 0.2) is 17.4 Å². The van der Waals surface area contributed by atoms with Gasteiger partial charge in [0.2, 0.25) is 6.35 Å². The number of aliphatic hydroxyl groups excluding tert-OH is 1. The van der Waals surface area contributed by atoms with Gasteiger partial charge in [-0.25, -0.2) is 9.97 Å². The van der Waals surface area contributed by atoms with Crippen LogP contribution in [0.2, 0.25) is 0 Å². The van der Waals surface area contributed by atoms with E-state index in [4.69, 9.17) is 9.47 Å². The Balaban J connectivity index is 1.95. The van der Waals surface area contributed by atoms with Crippen LogP contribution in [0, 0.1) is 5.41 Å². The van der Waals surface area contributed by atoms with Gasteiger partial charge in [-0.15, -0.1) is 0 Å². The lowest BCUT2D eigenvalue weighted by atomic mass is 9.87. The van der Waals surface area contributed by atoms with Crippen molar-refractivity contribution in [3.63, 3.8) is 0 Å². The first-order valence-electron chi connectivity index (χ1n) is 6.79. The Bertz CT molecular complexity index is 802. The quantitative estimate of drug-likeness (QED) is 0.704. The summed E-state index contributed by atoms with van der Waals surface area (Å²) < 4.78 is 23.0. The summed E-state index contributed by atoms with van der Waals surface area (Å²) in [5, 5.41) is 10.5. The van der Waals surface area contributed by atoms with Crippen LogP contribution >= 0.6 is 8.03 Å². The van der Waals surface area contributed by atoms with E-state index in [1.807, 2.05) is 0 Å². The Morgan fingerprint density at radius 1 is 1.57 bits per heavy atom. The van der Waals surface area contributed by atoms with Crippen LogP contribution in [0.25, 0.3) is 11.2 Å². The van der Waals surface area contributed by atoms with Crippen molar-refractivity contribution in [2.45, 2.75) is 32.5 Å². The average Bonchev–Trinajstić information content (AvgIpc) is 2.99. The maximum absolute atomic E-state index is 11.7. The average molecular weight is 342 g/mol. The monoisotopic (exact) mass is 342 g/mol. The summed E-state index contributed by atoms with van der Waals surface area (Å²) in [7, 11) is -2.73. The molecule has 1 aliphatic heterocycles. The third kappa shape index (κ3) is 2.68. The molecule has 124 valence electrons. The van der Waals surface area contributed by atoms with Gasteiger partial charge in [-0.05, 0) is 0 Å². The molecule has 0 bridgehead atoms. The fraction of sp³-hybridized carbons (Fsp3) is 0.583. The molecule has 10 nitrogen and oxygen atoms in total. The lowest BCUT2D eigenvalue weighted by Gasteiger charge is -2.26.